The molecular formula is C28H22ClN3O4S. The molecule has 37 heavy (non-hydrogen) atoms. The highest BCUT2D eigenvalue weighted by atomic mass is 35.5. The van der Waals surface area contributed by atoms with Crippen LogP contribution in [0.25, 0.3) is 17.3 Å². The quantitative estimate of drug-likeness (QED) is 0.298. The first-order valence-electron chi connectivity index (χ1n) is 11.4. The largest absolute Gasteiger partial charge is 0.462 e. The van der Waals surface area contributed by atoms with E-state index in [1.54, 1.807) is 81.4 Å². The lowest BCUT2D eigenvalue weighted by Crippen LogP contribution is -2.31. The van der Waals surface area contributed by atoms with Crippen LogP contribution >= 0.6 is 22.9 Å². The van der Waals surface area contributed by atoms with E-state index in [4.69, 9.17) is 16.3 Å². The molecule has 2 heterocycles. The van der Waals surface area contributed by atoms with Crippen LogP contribution in [0.2, 0.25) is 5.02 Å². The third kappa shape index (κ3) is 5.05. The average Bonchev–Trinajstić information content (AvgIpc) is 3.36. The minimum Gasteiger partial charge on any atom is -0.462 e. The molecule has 0 fully saturated rings. The van der Waals surface area contributed by atoms with Gasteiger partial charge in [-0.25, -0.2) is 4.79 Å². The summed E-state index contributed by atoms with van der Waals surface area (Å²) in [6.45, 7) is 5.11. The number of thiazole rings is 1. The van der Waals surface area contributed by atoms with E-state index in [-0.39, 0.29) is 33.5 Å². The van der Waals surface area contributed by atoms with Gasteiger partial charge >= 0.3 is 5.97 Å². The first kappa shape index (κ1) is 25.9. The van der Waals surface area contributed by atoms with E-state index in [2.05, 4.69) is 4.98 Å². The summed E-state index contributed by atoms with van der Waals surface area (Å²) in [5.74, 6) is -1.33. The van der Waals surface area contributed by atoms with Crippen LogP contribution in [0.1, 0.15) is 44.6 Å². The van der Waals surface area contributed by atoms with E-state index in [0.29, 0.717) is 26.6 Å². The van der Waals surface area contributed by atoms with E-state index in [1.165, 1.54) is 4.57 Å². The standard InChI is InChI=1S/C28H22ClN3O4S/c1-4-36-28(35)24-17(3)31-16(2)23(24)25(33)21(15-30)27-32(20-8-6-5-7-9-20)26(34)22(37-27)14-18-10-12-19(29)13-11-18/h5-14,31H,4H2,1-3H3/b22-14-,27-21+. The molecule has 0 aliphatic heterocycles. The minimum absolute atomic E-state index is 0.0520. The summed E-state index contributed by atoms with van der Waals surface area (Å²) in [5.41, 5.74) is 1.62. The van der Waals surface area contributed by atoms with Gasteiger partial charge in [0.05, 0.1) is 28.0 Å². The Bertz CT molecular complexity index is 1720. The average molecular weight is 532 g/mol. The maximum Gasteiger partial charge on any atom is 0.340 e. The number of carbonyl (C=O) groups is 2. The van der Waals surface area contributed by atoms with Crippen LogP contribution in [0, 0.1) is 25.2 Å². The minimum atomic E-state index is -0.670. The van der Waals surface area contributed by atoms with Crippen LogP contribution in [0.4, 0.5) is 0 Å². The Morgan fingerprint density at radius 1 is 1.08 bits per heavy atom. The number of nitriles is 1. The number of aromatic nitrogens is 2. The van der Waals surface area contributed by atoms with Gasteiger partial charge in [-0.2, -0.15) is 5.26 Å². The summed E-state index contributed by atoms with van der Waals surface area (Å²) in [5, 5.41) is 10.7. The number of hydrogen-bond donors (Lipinski definition) is 1. The number of aromatic amines is 1. The third-order valence-corrected chi connectivity index (χ3v) is 6.98. The highest BCUT2D eigenvalue weighted by molar-refractivity contribution is 7.07. The second-order valence-corrected chi connectivity index (χ2v) is 9.57. The number of ether oxygens (including phenoxy) is 1. The van der Waals surface area contributed by atoms with Gasteiger partial charge in [0.1, 0.15) is 16.3 Å². The Hall–Kier alpha value is -4.19. The Balaban J connectivity index is 2.05. The Kier molecular flexibility index (Phi) is 7.58. The van der Waals surface area contributed by atoms with Crippen molar-refractivity contribution in [1.29, 1.82) is 5.26 Å². The summed E-state index contributed by atoms with van der Waals surface area (Å²) >= 11 is 7.02. The van der Waals surface area contributed by atoms with Crippen LogP contribution in [0.5, 0.6) is 0 Å². The number of aryl methyl sites for hydroxylation is 2. The van der Waals surface area contributed by atoms with Crippen molar-refractivity contribution in [1.82, 2.24) is 9.55 Å². The Morgan fingerprint density at radius 2 is 1.73 bits per heavy atom. The van der Waals surface area contributed by atoms with Gasteiger partial charge in [0, 0.05) is 16.4 Å². The van der Waals surface area contributed by atoms with Gasteiger partial charge in [0.15, 0.2) is 0 Å². The van der Waals surface area contributed by atoms with E-state index >= 15 is 0 Å². The molecule has 186 valence electrons. The summed E-state index contributed by atoms with van der Waals surface area (Å²) in [6, 6.07) is 17.7. The van der Waals surface area contributed by atoms with E-state index in [0.717, 1.165) is 16.9 Å². The number of ketones is 1. The molecule has 0 saturated carbocycles. The number of nitrogens with zero attached hydrogens (tertiary/aromatic N) is 2. The van der Waals surface area contributed by atoms with Crippen molar-refractivity contribution in [3.8, 4) is 11.8 Å². The number of benzene rings is 2. The molecule has 2 aromatic heterocycles. The number of H-pyrrole nitrogens is 1. The molecule has 0 amide bonds. The molecule has 1 N–H and O–H groups in total. The first-order chi connectivity index (χ1) is 17.8. The molecule has 0 aliphatic rings. The summed E-state index contributed by atoms with van der Waals surface area (Å²) in [4.78, 5) is 43.1. The van der Waals surface area contributed by atoms with Gasteiger partial charge in [-0.15, -0.1) is 11.3 Å². The highest BCUT2D eigenvalue weighted by Gasteiger charge is 2.29. The number of esters is 1. The van der Waals surface area contributed by atoms with Crippen molar-refractivity contribution in [2.45, 2.75) is 20.8 Å². The number of hydrogen-bond acceptors (Lipinski definition) is 6. The zero-order chi connectivity index (χ0) is 26.7. The molecule has 0 spiro atoms. The molecule has 4 aromatic rings. The van der Waals surface area contributed by atoms with Crippen molar-refractivity contribution in [3.63, 3.8) is 0 Å². The molecule has 7 nitrogen and oxygen atoms in total. The first-order valence-corrected chi connectivity index (χ1v) is 12.6. The molecule has 9 heteroatoms. The molecule has 0 aliphatic carbocycles. The maximum absolute atomic E-state index is 13.8. The van der Waals surface area contributed by atoms with Crippen LogP contribution in [-0.2, 0) is 4.74 Å². The summed E-state index contributed by atoms with van der Waals surface area (Å²) < 4.78 is 6.99. The van der Waals surface area contributed by atoms with Crippen LogP contribution in [0.3, 0.4) is 0 Å². The molecule has 0 saturated heterocycles. The van der Waals surface area contributed by atoms with Gasteiger partial charge in [-0.05, 0) is 56.7 Å². The fourth-order valence-corrected chi connectivity index (χ4v) is 5.24. The molecule has 4 rings (SSSR count). The number of Topliss-reactive ketones (excluding diaryl/α,β-unsaturated/α-hetero) is 1. The van der Waals surface area contributed by atoms with E-state index in [1.807, 2.05) is 6.07 Å². The fourth-order valence-electron chi connectivity index (χ4n) is 4.02. The van der Waals surface area contributed by atoms with Crippen LogP contribution in [0.15, 0.2) is 59.4 Å². The number of carbonyl (C=O) groups excluding carboxylic acids is 2. The molecule has 0 radical (unpaired) electrons. The number of rotatable bonds is 6. The van der Waals surface area contributed by atoms with Gasteiger partial charge in [-0.1, -0.05) is 41.9 Å². The van der Waals surface area contributed by atoms with Crippen LogP contribution in [-0.4, -0.2) is 27.9 Å². The smallest absolute Gasteiger partial charge is 0.340 e. The van der Waals surface area contributed by atoms with Crippen molar-refractivity contribution < 1.29 is 14.3 Å². The second-order valence-electron chi connectivity index (χ2n) is 8.10. The van der Waals surface area contributed by atoms with Gasteiger partial charge in [0.2, 0.25) is 5.78 Å². The maximum atomic E-state index is 13.8. The topological polar surface area (TPSA) is 105 Å². The van der Waals surface area contributed by atoms with Gasteiger partial charge < -0.3 is 9.72 Å². The second kappa shape index (κ2) is 10.8. The highest BCUT2D eigenvalue weighted by Crippen LogP contribution is 2.23. The molecule has 2 aromatic carbocycles. The summed E-state index contributed by atoms with van der Waals surface area (Å²) in [6.07, 6.45) is 1.68. The normalized spacial score (nSPS) is 12.2. The molecular weight excluding hydrogens is 510 g/mol. The Labute approximate surface area is 221 Å². The van der Waals surface area contributed by atoms with Crippen molar-refractivity contribution >= 4 is 46.3 Å². The monoisotopic (exact) mass is 531 g/mol. The number of nitrogens with one attached hydrogen (secondary N) is 1. The number of para-hydroxylation sites is 1. The van der Waals surface area contributed by atoms with Gasteiger partial charge in [-0.3, -0.25) is 14.2 Å². The third-order valence-electron chi connectivity index (χ3n) is 5.64. The summed E-state index contributed by atoms with van der Waals surface area (Å²) in [7, 11) is 0. The SMILES string of the molecule is CCOC(=O)c1c(C)[nH]c(C)c1C(=O)/C(C#N)=c1/s/c(=C\c2ccc(Cl)cc2)c(=O)n1-c1ccccc1. The van der Waals surface area contributed by atoms with Crippen LogP contribution < -0.4 is 14.8 Å². The van der Waals surface area contributed by atoms with E-state index in [9.17, 15) is 19.6 Å². The zero-order valence-corrected chi connectivity index (χ0v) is 21.9. The van der Waals surface area contributed by atoms with Crippen molar-refractivity contribution in [2.75, 3.05) is 6.61 Å². The lowest BCUT2D eigenvalue weighted by atomic mass is 10.00. The van der Waals surface area contributed by atoms with Crippen molar-refractivity contribution in [3.05, 3.63) is 107 Å². The Morgan fingerprint density at radius 3 is 2.35 bits per heavy atom. The predicted molar refractivity (Wildman–Crippen MR) is 144 cm³/mol. The predicted octanol–water partition coefficient (Wildman–Crippen LogP) is 4.06. The van der Waals surface area contributed by atoms with Crippen molar-refractivity contribution in [2.24, 2.45) is 0 Å². The molecule has 0 unspecified atom stereocenters. The molecule has 0 bridgehead atoms. The lowest BCUT2D eigenvalue weighted by Gasteiger charge is -2.06. The lowest BCUT2D eigenvalue weighted by molar-refractivity contribution is 0.0523. The van der Waals surface area contributed by atoms with Gasteiger partial charge in [0.25, 0.3) is 5.56 Å². The molecule has 0 atom stereocenters. The number of halogens is 1. The fraction of sp³-hybridized carbons (Fsp3) is 0.143. The zero-order valence-electron chi connectivity index (χ0n) is 20.3. The van der Waals surface area contributed by atoms with E-state index < -0.39 is 11.8 Å².